The zero-order chi connectivity index (χ0) is 4.12. The van der Waals surface area contributed by atoms with Crippen molar-refractivity contribution < 1.29 is 43.3 Å². The minimum atomic E-state index is 0.838. The summed E-state index contributed by atoms with van der Waals surface area (Å²) < 4.78 is 9.08. The molecular weight excluding hydrogens is 195 g/mol. The first kappa shape index (κ1) is 6.52. The fourth-order valence-corrected chi connectivity index (χ4v) is 2.76. The first-order chi connectivity index (χ1) is 2.41. The predicted octanol–water partition coefficient (Wildman–Crippen LogP) is 0.506. The van der Waals surface area contributed by atoms with E-state index in [1.807, 2.05) is 0 Å². The zero-order valence-corrected chi connectivity index (χ0v) is 9.39. The minimum absolute atomic E-state index is 0.838. The van der Waals surface area contributed by atoms with Gasteiger partial charge in [0.1, 0.15) is 0 Å². The van der Waals surface area contributed by atoms with Gasteiger partial charge in [-0.25, -0.2) is 0 Å². The summed E-state index contributed by atoms with van der Waals surface area (Å²) in [4.78, 5) is 0. The van der Waals surface area contributed by atoms with Gasteiger partial charge in [0.15, 0.2) is 0 Å². The summed E-state index contributed by atoms with van der Waals surface area (Å²) in [7, 11) is 0. The van der Waals surface area contributed by atoms with Crippen LogP contribution in [0.5, 0.6) is 0 Å². The van der Waals surface area contributed by atoms with Gasteiger partial charge in [-0.2, -0.15) is 0 Å². The molecule has 0 saturated carbocycles. The van der Waals surface area contributed by atoms with Crippen LogP contribution in [0.1, 0.15) is 0 Å². The molecule has 0 aliphatic carbocycles. The van der Waals surface area contributed by atoms with E-state index in [4.69, 9.17) is 0 Å². The van der Waals surface area contributed by atoms with Crippen molar-refractivity contribution in [2.45, 2.75) is 0 Å². The molecule has 0 aliphatic rings. The van der Waals surface area contributed by atoms with Crippen LogP contribution in [-0.2, 0) is 43.3 Å². The molecule has 0 N–H and O–H groups in total. The van der Waals surface area contributed by atoms with E-state index in [1.54, 1.807) is 0 Å². The van der Waals surface area contributed by atoms with E-state index in [0.29, 0.717) is 0 Å². The summed E-state index contributed by atoms with van der Waals surface area (Å²) in [5.74, 6) is 0. The topological polar surface area (TPSA) is 18.5 Å². The van der Waals surface area contributed by atoms with Crippen molar-refractivity contribution in [3.05, 3.63) is 0 Å². The van der Waals surface area contributed by atoms with Crippen molar-refractivity contribution >= 4 is 12.3 Å². The first-order valence-corrected chi connectivity index (χ1v) is 4.00. The van der Waals surface area contributed by atoms with Crippen LogP contribution in [0.3, 0.4) is 0 Å². The maximum atomic E-state index is 4.54. The Kier molecular flexibility index (Phi) is 7.19. The van der Waals surface area contributed by atoms with E-state index in [0.717, 1.165) is 49.6 Å². The van der Waals surface area contributed by atoms with Crippen molar-refractivity contribution in [1.82, 2.24) is 0 Å². The average Bonchev–Trinajstić information content (AvgIpc) is 1.41. The van der Waals surface area contributed by atoms with Gasteiger partial charge in [0, 0.05) is 0 Å². The van der Waals surface area contributed by atoms with Gasteiger partial charge in [0.25, 0.3) is 0 Å². The van der Waals surface area contributed by atoms with E-state index >= 15 is 0 Å². The molecule has 0 unspecified atom stereocenters. The summed E-state index contributed by atoms with van der Waals surface area (Å²) in [6.07, 6.45) is 0. The molecule has 5 heteroatoms. The van der Waals surface area contributed by atoms with Gasteiger partial charge in [-0.1, -0.05) is 0 Å². The molecule has 0 fully saturated rings. The Labute approximate surface area is 55.6 Å². The molecule has 0 heterocycles. The Balaban J connectivity index is 2.19. The van der Waals surface area contributed by atoms with Gasteiger partial charge < -0.3 is 0 Å². The summed E-state index contributed by atoms with van der Waals surface area (Å²) in [5.41, 5.74) is 0. The molecule has 2 nitrogen and oxygen atoms in total. The van der Waals surface area contributed by atoms with E-state index < -0.39 is 0 Å². The Morgan fingerprint density at radius 1 is 1.20 bits per heavy atom. The third kappa shape index (κ3) is 5.52. The second-order valence-corrected chi connectivity index (χ2v) is 3.88. The first-order valence-electron chi connectivity index (χ1n) is 0.911. The molecule has 0 bridgehead atoms. The SMILES string of the molecule is [Zn][O]S[O][Zn]. The molecule has 0 radical (unpaired) electrons. The van der Waals surface area contributed by atoms with Crippen LogP contribution < -0.4 is 0 Å². The Hall–Kier alpha value is 1.52. The summed E-state index contributed by atoms with van der Waals surface area (Å²) in [5, 5.41) is 0. The van der Waals surface area contributed by atoms with Crippen molar-refractivity contribution in [2.75, 3.05) is 0 Å². The van der Waals surface area contributed by atoms with E-state index in [2.05, 4.69) is 6.02 Å². The van der Waals surface area contributed by atoms with Crippen molar-refractivity contribution in [2.24, 2.45) is 0 Å². The van der Waals surface area contributed by atoms with Crippen LogP contribution >= 0.6 is 12.3 Å². The third-order valence-corrected chi connectivity index (χ3v) is 1.50. The van der Waals surface area contributed by atoms with E-state index in [9.17, 15) is 0 Å². The second kappa shape index (κ2) is 5.52. The molecule has 5 heavy (non-hydrogen) atoms. The molecule has 0 aromatic rings. The normalized spacial score (nSPS) is 8.80. The molecule has 0 amide bonds. The van der Waals surface area contributed by atoms with Gasteiger partial charge >= 0.3 is 55.7 Å². The van der Waals surface area contributed by atoms with Crippen molar-refractivity contribution in [3.63, 3.8) is 0 Å². The Morgan fingerprint density at radius 2 is 1.60 bits per heavy atom. The van der Waals surface area contributed by atoms with Crippen LogP contribution in [0.15, 0.2) is 0 Å². The van der Waals surface area contributed by atoms with Gasteiger partial charge in [-0.05, 0) is 0 Å². The molecule has 0 aliphatic heterocycles. The summed E-state index contributed by atoms with van der Waals surface area (Å²) in [6, 6.07) is 0. The molecular formula is O2SZn2. The maximum absolute atomic E-state index is 4.54. The molecule has 0 aromatic heterocycles. The number of hydrogen-bond acceptors (Lipinski definition) is 3. The van der Waals surface area contributed by atoms with Crippen LogP contribution in [-0.4, -0.2) is 0 Å². The van der Waals surface area contributed by atoms with Gasteiger partial charge in [0.05, 0.1) is 0 Å². The molecule has 0 spiro atoms. The zero-order valence-electron chi connectivity index (χ0n) is 2.64. The van der Waals surface area contributed by atoms with E-state index in [1.165, 1.54) is 0 Å². The fourth-order valence-electron chi connectivity index (χ4n) is 0.0340. The van der Waals surface area contributed by atoms with Gasteiger partial charge in [-0.15, -0.1) is 0 Å². The molecule has 0 rings (SSSR count). The van der Waals surface area contributed by atoms with E-state index in [-0.39, 0.29) is 0 Å². The Bertz CT molecular complexity index is 15.1. The average molecular weight is 195 g/mol. The van der Waals surface area contributed by atoms with Gasteiger partial charge in [0.2, 0.25) is 0 Å². The van der Waals surface area contributed by atoms with Crippen LogP contribution in [0.4, 0.5) is 0 Å². The van der Waals surface area contributed by atoms with Crippen molar-refractivity contribution in [3.8, 4) is 0 Å². The molecule has 22 valence electrons. The fraction of sp³-hybridized carbons (Fsp3) is 0. The van der Waals surface area contributed by atoms with Crippen molar-refractivity contribution in [1.29, 1.82) is 0 Å². The summed E-state index contributed by atoms with van der Waals surface area (Å²) in [6.45, 7) is 0. The van der Waals surface area contributed by atoms with Crippen LogP contribution in [0.2, 0.25) is 0 Å². The predicted molar refractivity (Wildman–Crippen MR) is 9.76 cm³/mol. The van der Waals surface area contributed by atoms with Gasteiger partial charge in [-0.3, -0.25) is 0 Å². The monoisotopic (exact) mass is 192 g/mol. The third-order valence-electron chi connectivity index (χ3n) is 0.0962. The quantitative estimate of drug-likeness (QED) is 0.472. The second-order valence-electron chi connectivity index (χ2n) is 0.304. The molecule has 0 aromatic carbocycles. The summed E-state index contributed by atoms with van der Waals surface area (Å²) >= 11 is 2.75. The number of rotatable bonds is 2. The Morgan fingerprint density at radius 3 is 1.60 bits per heavy atom. The standard InChI is InChI=1S/H2O2S.2Zn/c1-3-2;;/h1-2H;;/q;2*+1/p-2. The molecule has 0 atom stereocenters. The number of hydrogen-bond donors (Lipinski definition) is 0. The molecule has 0 saturated heterocycles. The van der Waals surface area contributed by atoms with Crippen LogP contribution in [0.25, 0.3) is 0 Å². The van der Waals surface area contributed by atoms with Crippen LogP contribution in [0, 0.1) is 0 Å².